The maximum Gasteiger partial charge on any atom is 0.185 e. The Morgan fingerprint density at radius 2 is 2.20 bits per heavy atom. The summed E-state index contributed by atoms with van der Waals surface area (Å²) in [5.41, 5.74) is 1.17. The van der Waals surface area contributed by atoms with Gasteiger partial charge in [0.2, 0.25) is 0 Å². The summed E-state index contributed by atoms with van der Waals surface area (Å²) >= 11 is 1.79. The maximum atomic E-state index is 4.53. The Hall–Kier alpha value is -0.610. The monoisotopic (exact) mass is 225 g/mol. The second kappa shape index (κ2) is 4.49. The Balaban J connectivity index is 1.88. The predicted octanol–water partition coefficient (Wildman–Crippen LogP) is 2.02. The molecule has 1 fully saturated rings. The summed E-state index contributed by atoms with van der Waals surface area (Å²) in [6.45, 7) is 4.25. The molecular weight excluding hydrogens is 206 g/mol. The Kier molecular flexibility index (Phi) is 3.26. The minimum Gasteiger partial charge on any atom is -0.354 e. The molecule has 1 aliphatic rings. The number of nitrogens with zero attached hydrogens (tertiary/aromatic N) is 2. The van der Waals surface area contributed by atoms with E-state index in [9.17, 15) is 0 Å². The van der Waals surface area contributed by atoms with Gasteiger partial charge in [-0.05, 0) is 32.2 Å². The average Bonchev–Trinajstić information content (AvgIpc) is 2.91. The van der Waals surface area contributed by atoms with Crippen LogP contribution in [0.2, 0.25) is 0 Å². The maximum absolute atomic E-state index is 4.53. The SMILES string of the molecule is Cc1nc(N(C)C)sc1CNCC1CC1. The molecule has 84 valence electrons. The number of aromatic nitrogens is 1. The zero-order valence-electron chi connectivity index (χ0n) is 9.71. The topological polar surface area (TPSA) is 28.2 Å². The Labute approximate surface area is 95.5 Å². The third kappa shape index (κ3) is 2.92. The van der Waals surface area contributed by atoms with Crippen molar-refractivity contribution >= 4 is 16.5 Å². The van der Waals surface area contributed by atoms with Crippen LogP contribution in [-0.2, 0) is 6.54 Å². The molecule has 0 atom stereocenters. The second-order valence-corrected chi connectivity index (χ2v) is 5.54. The van der Waals surface area contributed by atoms with Gasteiger partial charge < -0.3 is 10.2 Å². The minimum atomic E-state index is 0.951. The highest BCUT2D eigenvalue weighted by Gasteiger charge is 2.20. The summed E-state index contributed by atoms with van der Waals surface area (Å²) in [4.78, 5) is 7.97. The molecule has 15 heavy (non-hydrogen) atoms. The number of anilines is 1. The molecule has 1 aromatic rings. The smallest absolute Gasteiger partial charge is 0.185 e. The van der Waals surface area contributed by atoms with Crippen LogP contribution < -0.4 is 10.2 Å². The van der Waals surface area contributed by atoms with E-state index in [1.165, 1.54) is 30.0 Å². The average molecular weight is 225 g/mol. The van der Waals surface area contributed by atoms with E-state index in [2.05, 4.69) is 22.1 Å². The van der Waals surface area contributed by atoms with E-state index in [0.717, 1.165) is 17.6 Å². The fraction of sp³-hybridized carbons (Fsp3) is 0.727. The van der Waals surface area contributed by atoms with Crippen LogP contribution in [0.4, 0.5) is 5.13 Å². The first-order valence-electron chi connectivity index (χ1n) is 5.51. The molecule has 0 radical (unpaired) electrons. The lowest BCUT2D eigenvalue weighted by molar-refractivity contribution is 0.641. The third-order valence-electron chi connectivity index (χ3n) is 2.68. The van der Waals surface area contributed by atoms with Crippen molar-refractivity contribution in [3.05, 3.63) is 10.6 Å². The van der Waals surface area contributed by atoms with Gasteiger partial charge >= 0.3 is 0 Å². The molecule has 0 unspecified atom stereocenters. The summed E-state index contributed by atoms with van der Waals surface area (Å²) in [6, 6.07) is 0. The van der Waals surface area contributed by atoms with Crippen LogP contribution in [-0.4, -0.2) is 25.6 Å². The van der Waals surface area contributed by atoms with Gasteiger partial charge in [0.15, 0.2) is 5.13 Å². The van der Waals surface area contributed by atoms with Gasteiger partial charge in [-0.25, -0.2) is 4.98 Å². The normalized spacial score (nSPS) is 15.7. The molecule has 0 aliphatic heterocycles. The number of thiazole rings is 1. The summed E-state index contributed by atoms with van der Waals surface area (Å²) in [5, 5.41) is 4.62. The molecule has 1 N–H and O–H groups in total. The number of hydrogen-bond donors (Lipinski definition) is 1. The standard InChI is InChI=1S/C11H19N3S/c1-8-10(7-12-6-9-4-5-9)15-11(13-8)14(2)3/h9,12H,4-7H2,1-3H3. The highest BCUT2D eigenvalue weighted by molar-refractivity contribution is 7.15. The van der Waals surface area contributed by atoms with Crippen molar-refractivity contribution in [2.45, 2.75) is 26.3 Å². The van der Waals surface area contributed by atoms with E-state index in [1.54, 1.807) is 11.3 Å². The largest absolute Gasteiger partial charge is 0.354 e. The molecule has 1 aromatic heterocycles. The van der Waals surface area contributed by atoms with E-state index < -0.39 is 0 Å². The van der Waals surface area contributed by atoms with Crippen LogP contribution in [0.1, 0.15) is 23.4 Å². The van der Waals surface area contributed by atoms with Gasteiger partial charge in [-0.15, -0.1) is 11.3 Å². The van der Waals surface area contributed by atoms with Crippen LogP contribution in [0, 0.1) is 12.8 Å². The van der Waals surface area contributed by atoms with Gasteiger partial charge in [-0.2, -0.15) is 0 Å². The summed E-state index contributed by atoms with van der Waals surface area (Å²) in [6.07, 6.45) is 2.83. The van der Waals surface area contributed by atoms with E-state index >= 15 is 0 Å². The van der Waals surface area contributed by atoms with Crippen molar-refractivity contribution in [3.8, 4) is 0 Å². The minimum absolute atomic E-state index is 0.951. The first-order valence-corrected chi connectivity index (χ1v) is 6.33. The van der Waals surface area contributed by atoms with Crippen molar-refractivity contribution in [1.82, 2.24) is 10.3 Å². The molecule has 0 saturated heterocycles. The van der Waals surface area contributed by atoms with Crippen LogP contribution in [0.15, 0.2) is 0 Å². The molecule has 3 nitrogen and oxygen atoms in total. The molecule has 0 bridgehead atoms. The summed E-state index contributed by atoms with van der Waals surface area (Å²) < 4.78 is 0. The first kappa shape index (κ1) is 10.9. The lowest BCUT2D eigenvalue weighted by Gasteiger charge is -2.05. The number of aryl methyl sites for hydroxylation is 1. The Morgan fingerprint density at radius 3 is 2.73 bits per heavy atom. The van der Waals surface area contributed by atoms with Crippen molar-refractivity contribution in [1.29, 1.82) is 0 Å². The first-order chi connectivity index (χ1) is 7.16. The fourth-order valence-corrected chi connectivity index (χ4v) is 2.43. The Morgan fingerprint density at radius 1 is 1.47 bits per heavy atom. The number of rotatable bonds is 5. The van der Waals surface area contributed by atoms with E-state index in [4.69, 9.17) is 0 Å². The highest BCUT2D eigenvalue weighted by Crippen LogP contribution is 2.28. The van der Waals surface area contributed by atoms with Gasteiger partial charge in [-0.1, -0.05) is 0 Å². The van der Waals surface area contributed by atoms with Crippen molar-refractivity contribution in [2.24, 2.45) is 5.92 Å². The molecule has 0 amide bonds. The lowest BCUT2D eigenvalue weighted by Crippen LogP contribution is -2.15. The van der Waals surface area contributed by atoms with Crippen LogP contribution >= 0.6 is 11.3 Å². The quantitative estimate of drug-likeness (QED) is 0.831. The zero-order chi connectivity index (χ0) is 10.8. The van der Waals surface area contributed by atoms with E-state index in [-0.39, 0.29) is 0 Å². The fourth-order valence-electron chi connectivity index (χ4n) is 1.48. The van der Waals surface area contributed by atoms with Crippen LogP contribution in [0.3, 0.4) is 0 Å². The lowest BCUT2D eigenvalue weighted by atomic mass is 10.3. The molecule has 4 heteroatoms. The van der Waals surface area contributed by atoms with E-state index in [1.807, 2.05) is 14.1 Å². The molecular formula is C11H19N3S. The second-order valence-electron chi connectivity index (χ2n) is 4.47. The van der Waals surface area contributed by atoms with Gasteiger partial charge in [0.1, 0.15) is 0 Å². The van der Waals surface area contributed by atoms with Gasteiger partial charge in [-0.3, -0.25) is 0 Å². The Bertz CT molecular complexity index is 329. The number of hydrogen-bond acceptors (Lipinski definition) is 4. The third-order valence-corrected chi connectivity index (χ3v) is 4.00. The highest BCUT2D eigenvalue weighted by atomic mass is 32.1. The molecule has 0 spiro atoms. The predicted molar refractivity (Wildman–Crippen MR) is 65.6 cm³/mol. The number of nitrogens with one attached hydrogen (secondary N) is 1. The van der Waals surface area contributed by atoms with Crippen molar-refractivity contribution < 1.29 is 0 Å². The molecule has 2 rings (SSSR count). The van der Waals surface area contributed by atoms with Crippen LogP contribution in [0.25, 0.3) is 0 Å². The van der Waals surface area contributed by atoms with Gasteiger partial charge in [0.05, 0.1) is 5.69 Å². The van der Waals surface area contributed by atoms with Crippen molar-refractivity contribution in [2.75, 3.05) is 25.5 Å². The van der Waals surface area contributed by atoms with Crippen LogP contribution in [0.5, 0.6) is 0 Å². The van der Waals surface area contributed by atoms with Gasteiger partial charge in [0.25, 0.3) is 0 Å². The summed E-state index contributed by atoms with van der Waals surface area (Å²) in [5.74, 6) is 0.951. The van der Waals surface area contributed by atoms with Crippen molar-refractivity contribution in [3.63, 3.8) is 0 Å². The molecule has 1 aliphatic carbocycles. The zero-order valence-corrected chi connectivity index (χ0v) is 10.5. The van der Waals surface area contributed by atoms with Gasteiger partial charge in [0, 0.05) is 25.5 Å². The van der Waals surface area contributed by atoms with E-state index in [0.29, 0.717) is 0 Å². The summed E-state index contributed by atoms with van der Waals surface area (Å²) in [7, 11) is 4.08. The molecule has 0 aromatic carbocycles. The molecule has 1 heterocycles. The molecule has 1 saturated carbocycles.